The monoisotopic (exact) mass is 309 g/mol. The zero-order valence-electron chi connectivity index (χ0n) is 11.4. The number of nitrogens with zero attached hydrogens (tertiary/aromatic N) is 3. The lowest BCUT2D eigenvalue weighted by Gasteiger charge is -2.27. The van der Waals surface area contributed by atoms with Gasteiger partial charge in [0.1, 0.15) is 0 Å². The molecule has 4 nitrogen and oxygen atoms in total. The van der Waals surface area contributed by atoms with Crippen molar-refractivity contribution in [2.75, 3.05) is 0 Å². The fourth-order valence-electron chi connectivity index (χ4n) is 2.59. The quantitative estimate of drug-likeness (QED) is 0.758. The second-order valence-electron chi connectivity index (χ2n) is 5.50. The van der Waals surface area contributed by atoms with E-state index in [9.17, 15) is 4.79 Å². The van der Waals surface area contributed by atoms with Crippen LogP contribution in [-0.2, 0) is 13.1 Å². The van der Waals surface area contributed by atoms with Crippen molar-refractivity contribution in [1.82, 2.24) is 13.9 Å². The minimum Gasteiger partial charge on any atom is -0.256 e. The summed E-state index contributed by atoms with van der Waals surface area (Å²) < 4.78 is 5.80. The van der Waals surface area contributed by atoms with Crippen molar-refractivity contribution in [3.8, 4) is 5.69 Å². The van der Waals surface area contributed by atoms with Gasteiger partial charge in [-0.05, 0) is 48.3 Å². The third-order valence-electron chi connectivity index (χ3n) is 4.09. The molecule has 0 spiro atoms. The van der Waals surface area contributed by atoms with E-state index < -0.39 is 0 Å². The number of aromatic nitrogens is 3. The van der Waals surface area contributed by atoms with Crippen molar-refractivity contribution in [2.45, 2.75) is 26.9 Å². The molecular formula is C14H16ClN3OS. The van der Waals surface area contributed by atoms with Gasteiger partial charge in [0.15, 0.2) is 0 Å². The molecule has 2 aromatic rings. The Morgan fingerprint density at radius 3 is 2.25 bits per heavy atom. The van der Waals surface area contributed by atoms with Crippen LogP contribution < -0.4 is 5.69 Å². The van der Waals surface area contributed by atoms with Gasteiger partial charge in [0.2, 0.25) is 4.77 Å². The van der Waals surface area contributed by atoms with Gasteiger partial charge in [0.05, 0.1) is 5.69 Å². The van der Waals surface area contributed by atoms with Crippen molar-refractivity contribution in [2.24, 2.45) is 11.8 Å². The lowest BCUT2D eigenvalue weighted by Crippen LogP contribution is -2.37. The van der Waals surface area contributed by atoms with E-state index in [-0.39, 0.29) is 5.69 Å². The molecule has 1 aliphatic heterocycles. The Morgan fingerprint density at radius 2 is 1.65 bits per heavy atom. The predicted octanol–water partition coefficient (Wildman–Crippen LogP) is 3.11. The number of benzene rings is 1. The summed E-state index contributed by atoms with van der Waals surface area (Å²) in [4.78, 5) is 12.6. The number of hydrogen-bond donors (Lipinski definition) is 0. The maximum absolute atomic E-state index is 12.6. The minimum absolute atomic E-state index is 0.0731. The third kappa shape index (κ3) is 2.05. The van der Waals surface area contributed by atoms with Gasteiger partial charge in [-0.25, -0.2) is 14.0 Å². The van der Waals surface area contributed by atoms with Gasteiger partial charge >= 0.3 is 5.69 Å². The van der Waals surface area contributed by atoms with Gasteiger partial charge in [-0.3, -0.25) is 4.68 Å². The first kappa shape index (κ1) is 13.6. The lowest BCUT2D eigenvalue weighted by atomic mass is 9.95. The Morgan fingerprint density at radius 1 is 1.10 bits per heavy atom. The smallest absolute Gasteiger partial charge is 0.256 e. The van der Waals surface area contributed by atoms with Crippen molar-refractivity contribution in [3.63, 3.8) is 0 Å². The van der Waals surface area contributed by atoms with Crippen LogP contribution in [0.5, 0.6) is 0 Å². The van der Waals surface area contributed by atoms with Crippen LogP contribution in [-0.4, -0.2) is 13.9 Å². The lowest BCUT2D eigenvalue weighted by molar-refractivity contribution is 0.198. The average Bonchev–Trinajstić information content (AvgIpc) is 2.65. The van der Waals surface area contributed by atoms with Crippen molar-refractivity contribution >= 4 is 23.8 Å². The van der Waals surface area contributed by atoms with Gasteiger partial charge < -0.3 is 0 Å². The normalized spacial score (nSPS) is 21.8. The molecule has 20 heavy (non-hydrogen) atoms. The van der Waals surface area contributed by atoms with Crippen LogP contribution in [0, 0.1) is 16.6 Å². The standard InChI is InChI=1S/C14H16ClN3OS/c1-9-7-16-13(19)18(12-5-3-11(15)4-6-12)14(20)17(16)8-10(9)2/h3-6,9-10H,7-8H2,1-2H3. The fraction of sp³-hybridized carbons (Fsp3) is 0.429. The molecule has 0 saturated heterocycles. The molecule has 2 unspecified atom stereocenters. The summed E-state index contributed by atoms with van der Waals surface area (Å²) in [6.45, 7) is 5.86. The number of hydrogen-bond acceptors (Lipinski definition) is 2. The highest BCUT2D eigenvalue weighted by molar-refractivity contribution is 7.71. The average molecular weight is 310 g/mol. The van der Waals surface area contributed by atoms with E-state index in [0.717, 1.165) is 12.2 Å². The first-order valence-corrected chi connectivity index (χ1v) is 7.46. The van der Waals surface area contributed by atoms with Gasteiger partial charge in [0.25, 0.3) is 0 Å². The first-order chi connectivity index (χ1) is 9.49. The number of fused-ring (bicyclic) bond motifs is 1. The molecule has 0 fully saturated rings. The molecule has 2 atom stereocenters. The molecule has 106 valence electrons. The summed E-state index contributed by atoms with van der Waals surface area (Å²) in [7, 11) is 0. The highest BCUT2D eigenvalue weighted by Gasteiger charge is 2.25. The second kappa shape index (κ2) is 4.90. The van der Waals surface area contributed by atoms with E-state index >= 15 is 0 Å². The summed E-state index contributed by atoms with van der Waals surface area (Å²) in [5.41, 5.74) is 0.690. The summed E-state index contributed by atoms with van der Waals surface area (Å²) in [5, 5.41) is 0.645. The van der Waals surface area contributed by atoms with Gasteiger partial charge in [-0.15, -0.1) is 0 Å². The summed E-state index contributed by atoms with van der Waals surface area (Å²) >= 11 is 11.4. The molecule has 0 aliphatic carbocycles. The predicted molar refractivity (Wildman–Crippen MR) is 82.2 cm³/mol. The van der Waals surface area contributed by atoms with E-state index in [0.29, 0.717) is 28.2 Å². The van der Waals surface area contributed by atoms with Crippen LogP contribution in [0.25, 0.3) is 5.69 Å². The highest BCUT2D eigenvalue weighted by atomic mass is 35.5. The Hall–Kier alpha value is -1.33. The Kier molecular flexibility index (Phi) is 3.34. The summed E-state index contributed by atoms with van der Waals surface area (Å²) in [6, 6.07) is 7.17. The van der Waals surface area contributed by atoms with Crippen LogP contribution in [0.1, 0.15) is 13.8 Å². The van der Waals surface area contributed by atoms with E-state index in [1.807, 2.05) is 16.8 Å². The molecule has 0 N–H and O–H groups in total. The molecular weight excluding hydrogens is 294 g/mol. The third-order valence-corrected chi connectivity index (χ3v) is 4.74. The molecule has 1 aromatic carbocycles. The minimum atomic E-state index is -0.0731. The molecule has 0 bridgehead atoms. The second-order valence-corrected chi connectivity index (χ2v) is 6.30. The zero-order chi connectivity index (χ0) is 14.4. The number of halogens is 1. The first-order valence-electron chi connectivity index (χ1n) is 6.67. The largest absolute Gasteiger partial charge is 0.349 e. The van der Waals surface area contributed by atoms with Gasteiger partial charge in [-0.2, -0.15) is 0 Å². The molecule has 6 heteroatoms. The summed E-state index contributed by atoms with van der Waals surface area (Å²) in [6.07, 6.45) is 0. The fourth-order valence-corrected chi connectivity index (χ4v) is 3.07. The Balaban J connectivity index is 2.20. The SMILES string of the molecule is CC1Cn2c(=O)n(-c3ccc(Cl)cc3)c(=S)n2CC1C. The summed E-state index contributed by atoms with van der Waals surface area (Å²) in [5.74, 6) is 0.991. The molecule has 2 heterocycles. The van der Waals surface area contributed by atoms with Crippen LogP contribution >= 0.6 is 23.8 Å². The molecule has 0 radical (unpaired) electrons. The van der Waals surface area contributed by atoms with Crippen LogP contribution in [0.3, 0.4) is 0 Å². The Bertz CT molecular complexity index is 715. The molecule has 0 saturated carbocycles. The molecule has 0 amide bonds. The maximum Gasteiger partial charge on any atom is 0.349 e. The van der Waals surface area contributed by atoms with E-state index in [4.69, 9.17) is 23.8 Å². The Labute approximate surface area is 127 Å². The molecule has 1 aromatic heterocycles. The zero-order valence-corrected chi connectivity index (χ0v) is 13.0. The molecule has 3 rings (SSSR count). The van der Waals surface area contributed by atoms with Crippen molar-refractivity contribution in [1.29, 1.82) is 0 Å². The van der Waals surface area contributed by atoms with Crippen LogP contribution in [0.2, 0.25) is 5.02 Å². The van der Waals surface area contributed by atoms with Gasteiger partial charge in [-0.1, -0.05) is 25.4 Å². The van der Waals surface area contributed by atoms with Crippen molar-refractivity contribution in [3.05, 3.63) is 44.5 Å². The maximum atomic E-state index is 12.6. The van der Waals surface area contributed by atoms with E-state index in [1.165, 1.54) is 0 Å². The van der Waals surface area contributed by atoms with Crippen LogP contribution in [0.4, 0.5) is 0 Å². The number of rotatable bonds is 1. The van der Waals surface area contributed by atoms with Crippen molar-refractivity contribution < 1.29 is 0 Å². The van der Waals surface area contributed by atoms with Gasteiger partial charge in [0, 0.05) is 18.1 Å². The topological polar surface area (TPSA) is 31.9 Å². The van der Waals surface area contributed by atoms with Crippen LogP contribution in [0.15, 0.2) is 29.1 Å². The molecule has 1 aliphatic rings. The highest BCUT2D eigenvalue weighted by Crippen LogP contribution is 2.21. The van der Waals surface area contributed by atoms with E-state index in [1.54, 1.807) is 21.4 Å². The van der Waals surface area contributed by atoms with E-state index in [2.05, 4.69) is 13.8 Å².